The molecule has 1 aliphatic carbocycles. The van der Waals surface area contributed by atoms with E-state index in [9.17, 15) is 0 Å². The molecule has 0 bridgehead atoms. The van der Waals surface area contributed by atoms with Gasteiger partial charge >= 0.3 is 0 Å². The van der Waals surface area contributed by atoms with E-state index in [0.29, 0.717) is 22.8 Å². The zero-order chi connectivity index (χ0) is 8.84. The molecule has 2 N–H and O–H groups in total. The van der Waals surface area contributed by atoms with Gasteiger partial charge in [0.05, 0.1) is 5.69 Å². The van der Waals surface area contributed by atoms with Crippen molar-refractivity contribution in [1.29, 1.82) is 0 Å². The predicted molar refractivity (Wildman–Crippen MR) is 48.2 cm³/mol. The molecule has 4 heteroatoms. The minimum Gasteiger partial charge on any atom is -0.436 e. The zero-order valence-electron chi connectivity index (χ0n) is 7.03. The van der Waals surface area contributed by atoms with Crippen molar-refractivity contribution in [2.24, 2.45) is 0 Å². The largest absolute Gasteiger partial charge is 0.436 e. The highest BCUT2D eigenvalue weighted by Crippen LogP contribution is 2.40. The first-order valence-corrected chi connectivity index (χ1v) is 4.35. The fourth-order valence-electron chi connectivity index (χ4n) is 1.37. The number of hydrogen-bond acceptors (Lipinski definition) is 4. The summed E-state index contributed by atoms with van der Waals surface area (Å²) in [6.07, 6.45) is 4.00. The van der Waals surface area contributed by atoms with Crippen LogP contribution in [-0.4, -0.2) is 9.97 Å². The van der Waals surface area contributed by atoms with Crippen molar-refractivity contribution < 1.29 is 4.42 Å². The average Bonchev–Trinajstić information content (AvgIpc) is 2.87. The number of fused-ring (bicyclic) bond motifs is 1. The minimum atomic E-state index is 0.508. The Morgan fingerprint density at radius 1 is 1.46 bits per heavy atom. The number of pyridine rings is 1. The number of aromatic nitrogens is 2. The van der Waals surface area contributed by atoms with Crippen LogP contribution in [0.1, 0.15) is 24.7 Å². The van der Waals surface area contributed by atoms with E-state index in [2.05, 4.69) is 9.97 Å². The fraction of sp³-hybridized carbons (Fsp3) is 0.333. The number of anilines is 1. The van der Waals surface area contributed by atoms with Crippen molar-refractivity contribution in [2.45, 2.75) is 18.8 Å². The molecule has 1 aliphatic rings. The molecule has 1 saturated carbocycles. The number of hydrogen-bond donors (Lipinski definition) is 1. The van der Waals surface area contributed by atoms with Gasteiger partial charge in [-0.05, 0) is 18.9 Å². The topological polar surface area (TPSA) is 64.9 Å². The van der Waals surface area contributed by atoms with E-state index in [-0.39, 0.29) is 0 Å². The summed E-state index contributed by atoms with van der Waals surface area (Å²) < 4.78 is 5.52. The summed E-state index contributed by atoms with van der Waals surface area (Å²) in [4.78, 5) is 8.37. The molecule has 2 aromatic rings. The van der Waals surface area contributed by atoms with Crippen LogP contribution in [-0.2, 0) is 0 Å². The molecule has 4 nitrogen and oxygen atoms in total. The Balaban J connectivity index is 2.26. The van der Waals surface area contributed by atoms with Gasteiger partial charge < -0.3 is 10.2 Å². The van der Waals surface area contributed by atoms with Crippen LogP contribution in [0.2, 0.25) is 0 Å². The molecule has 0 atom stereocenters. The van der Waals surface area contributed by atoms with E-state index in [1.165, 1.54) is 12.8 Å². The van der Waals surface area contributed by atoms with Crippen LogP contribution in [0.25, 0.3) is 11.2 Å². The van der Waals surface area contributed by atoms with E-state index in [0.717, 1.165) is 5.89 Å². The van der Waals surface area contributed by atoms with Gasteiger partial charge in [0.1, 0.15) is 0 Å². The number of oxazole rings is 1. The Kier molecular flexibility index (Phi) is 1.17. The van der Waals surface area contributed by atoms with Crippen LogP contribution in [0.5, 0.6) is 0 Å². The summed E-state index contributed by atoms with van der Waals surface area (Å²) in [7, 11) is 0. The molecule has 0 radical (unpaired) electrons. The third-order valence-electron chi connectivity index (χ3n) is 2.27. The van der Waals surface area contributed by atoms with Gasteiger partial charge in [-0.3, -0.25) is 0 Å². The van der Waals surface area contributed by atoms with Crippen LogP contribution in [0.4, 0.5) is 5.69 Å². The lowest BCUT2D eigenvalue weighted by molar-refractivity contribution is 0.534. The summed E-state index contributed by atoms with van der Waals surface area (Å²) in [6, 6.07) is 1.73. The lowest BCUT2D eigenvalue weighted by Crippen LogP contribution is -1.85. The van der Waals surface area contributed by atoms with Crippen LogP contribution >= 0.6 is 0 Å². The summed E-state index contributed by atoms with van der Waals surface area (Å²) in [5, 5.41) is 0. The van der Waals surface area contributed by atoms with Gasteiger partial charge in [-0.1, -0.05) is 0 Å². The Morgan fingerprint density at radius 3 is 3.00 bits per heavy atom. The van der Waals surface area contributed by atoms with Gasteiger partial charge in [0.25, 0.3) is 0 Å². The molecule has 13 heavy (non-hydrogen) atoms. The van der Waals surface area contributed by atoms with Crippen molar-refractivity contribution in [3.63, 3.8) is 0 Å². The highest BCUT2D eigenvalue weighted by Gasteiger charge is 2.29. The number of nitrogens with two attached hydrogens (primary N) is 1. The summed E-state index contributed by atoms with van der Waals surface area (Å²) in [5.74, 6) is 1.30. The van der Waals surface area contributed by atoms with E-state index in [1.807, 2.05) is 0 Å². The van der Waals surface area contributed by atoms with Crippen molar-refractivity contribution in [3.05, 3.63) is 18.2 Å². The van der Waals surface area contributed by atoms with E-state index >= 15 is 0 Å². The van der Waals surface area contributed by atoms with Crippen molar-refractivity contribution in [1.82, 2.24) is 9.97 Å². The SMILES string of the molecule is Nc1ccnc2nc(C3CC3)oc12. The Labute approximate surface area is 74.8 Å². The molecule has 0 aliphatic heterocycles. The molecule has 0 saturated heterocycles. The van der Waals surface area contributed by atoms with E-state index in [4.69, 9.17) is 10.2 Å². The lowest BCUT2D eigenvalue weighted by atomic mass is 10.4. The Bertz CT molecular complexity index is 459. The highest BCUT2D eigenvalue weighted by atomic mass is 16.4. The average molecular weight is 175 g/mol. The molecule has 0 spiro atoms. The molecule has 0 amide bonds. The third-order valence-corrected chi connectivity index (χ3v) is 2.27. The Hall–Kier alpha value is -1.58. The summed E-state index contributed by atoms with van der Waals surface area (Å²) in [5.41, 5.74) is 7.59. The van der Waals surface area contributed by atoms with Crippen molar-refractivity contribution in [2.75, 3.05) is 5.73 Å². The highest BCUT2D eigenvalue weighted by molar-refractivity contribution is 5.81. The summed E-state index contributed by atoms with van der Waals surface area (Å²) in [6.45, 7) is 0. The smallest absolute Gasteiger partial charge is 0.200 e. The first-order chi connectivity index (χ1) is 6.34. The van der Waals surface area contributed by atoms with Gasteiger partial charge in [0.15, 0.2) is 11.5 Å². The second-order valence-corrected chi connectivity index (χ2v) is 3.38. The predicted octanol–water partition coefficient (Wildman–Crippen LogP) is 1.68. The maximum absolute atomic E-state index is 5.72. The van der Waals surface area contributed by atoms with Gasteiger partial charge in [-0.15, -0.1) is 0 Å². The maximum Gasteiger partial charge on any atom is 0.200 e. The molecule has 1 fully saturated rings. The van der Waals surface area contributed by atoms with Gasteiger partial charge in [0, 0.05) is 12.1 Å². The molecule has 3 rings (SSSR count). The molecule has 2 aromatic heterocycles. The Morgan fingerprint density at radius 2 is 2.31 bits per heavy atom. The van der Waals surface area contributed by atoms with Crippen LogP contribution in [0.3, 0.4) is 0 Å². The molecule has 2 heterocycles. The fourth-order valence-corrected chi connectivity index (χ4v) is 1.37. The first kappa shape index (κ1) is 6.88. The van der Waals surface area contributed by atoms with Crippen molar-refractivity contribution in [3.8, 4) is 0 Å². The van der Waals surface area contributed by atoms with Gasteiger partial charge in [-0.25, -0.2) is 4.98 Å². The van der Waals surface area contributed by atoms with Gasteiger partial charge in [0.2, 0.25) is 5.65 Å². The number of rotatable bonds is 1. The molecular weight excluding hydrogens is 166 g/mol. The number of nitrogen functional groups attached to an aromatic ring is 1. The second-order valence-electron chi connectivity index (χ2n) is 3.38. The lowest BCUT2D eigenvalue weighted by Gasteiger charge is -1.89. The minimum absolute atomic E-state index is 0.508. The molecule has 0 aromatic carbocycles. The van der Waals surface area contributed by atoms with Crippen LogP contribution in [0, 0.1) is 0 Å². The van der Waals surface area contributed by atoms with Gasteiger partial charge in [-0.2, -0.15) is 4.98 Å². The third kappa shape index (κ3) is 0.983. The summed E-state index contributed by atoms with van der Waals surface area (Å²) >= 11 is 0. The number of nitrogens with zero attached hydrogens (tertiary/aromatic N) is 2. The standard InChI is InChI=1S/C9H9N3O/c10-6-3-4-11-8-7(6)13-9(12-8)5-1-2-5/h3-5H,1-2H2,(H2,10,11). The van der Waals surface area contributed by atoms with Crippen LogP contribution < -0.4 is 5.73 Å². The van der Waals surface area contributed by atoms with Crippen molar-refractivity contribution >= 4 is 16.9 Å². The van der Waals surface area contributed by atoms with E-state index in [1.54, 1.807) is 12.3 Å². The molecule has 0 unspecified atom stereocenters. The molecule has 66 valence electrons. The van der Waals surface area contributed by atoms with E-state index < -0.39 is 0 Å². The quantitative estimate of drug-likeness (QED) is 0.716. The monoisotopic (exact) mass is 175 g/mol. The molecular formula is C9H9N3O. The van der Waals surface area contributed by atoms with Crippen LogP contribution in [0.15, 0.2) is 16.7 Å². The zero-order valence-corrected chi connectivity index (χ0v) is 7.03. The maximum atomic E-state index is 5.72. The normalized spacial score (nSPS) is 16.6. The second kappa shape index (κ2) is 2.22. The first-order valence-electron chi connectivity index (χ1n) is 4.35.